The van der Waals surface area contributed by atoms with Crippen molar-refractivity contribution >= 4 is 23.2 Å². The zero-order valence-electron chi connectivity index (χ0n) is 14.0. The van der Waals surface area contributed by atoms with Crippen molar-refractivity contribution < 1.29 is 14.5 Å². The lowest BCUT2D eigenvalue weighted by molar-refractivity contribution is -0.697. The highest BCUT2D eigenvalue weighted by molar-refractivity contribution is 6.30. The van der Waals surface area contributed by atoms with Crippen molar-refractivity contribution in [1.82, 2.24) is 0 Å². The van der Waals surface area contributed by atoms with Gasteiger partial charge in [0.15, 0.2) is 6.04 Å². The minimum atomic E-state index is -0.430. The first-order chi connectivity index (χ1) is 12.6. The van der Waals surface area contributed by atoms with Gasteiger partial charge in [-0.15, -0.1) is 0 Å². The van der Waals surface area contributed by atoms with Crippen LogP contribution in [0.2, 0.25) is 5.02 Å². The van der Waals surface area contributed by atoms with Crippen molar-refractivity contribution in [2.24, 2.45) is 0 Å². The third-order valence-corrected chi connectivity index (χ3v) is 4.27. The molecule has 3 aromatic carbocycles. The van der Waals surface area contributed by atoms with Gasteiger partial charge in [-0.25, -0.2) is 4.39 Å². The summed E-state index contributed by atoms with van der Waals surface area (Å²) in [6, 6.07) is 22.4. The Labute approximate surface area is 156 Å². The van der Waals surface area contributed by atoms with Gasteiger partial charge in [-0.3, -0.25) is 4.79 Å². The van der Waals surface area contributed by atoms with Crippen LogP contribution in [0, 0.1) is 5.82 Å². The number of rotatable bonds is 6. The number of halogens is 2. The van der Waals surface area contributed by atoms with E-state index in [1.807, 2.05) is 59.9 Å². The fraction of sp³-hybridized carbons (Fsp3) is 0.0952. The Hall–Kier alpha value is -2.69. The minimum Gasteiger partial charge on any atom is -0.328 e. The van der Waals surface area contributed by atoms with Gasteiger partial charge in [0.25, 0.3) is 5.91 Å². The number of carbonyl (C=O) groups excluding carboxylic acids is 1. The molecule has 3 aromatic rings. The fourth-order valence-electron chi connectivity index (χ4n) is 2.73. The number of nitrogens with two attached hydrogens (primary N) is 1. The lowest BCUT2D eigenvalue weighted by Crippen LogP contribution is -2.85. The normalized spacial score (nSPS) is 11.8. The number of anilines is 1. The van der Waals surface area contributed by atoms with Crippen LogP contribution in [0.25, 0.3) is 0 Å². The molecule has 0 aromatic heterocycles. The Morgan fingerprint density at radius 1 is 1.00 bits per heavy atom. The maximum absolute atomic E-state index is 13.1. The van der Waals surface area contributed by atoms with Crippen LogP contribution in [0.1, 0.15) is 17.2 Å². The van der Waals surface area contributed by atoms with Gasteiger partial charge < -0.3 is 10.6 Å². The molecule has 0 saturated carbocycles. The van der Waals surface area contributed by atoms with Crippen molar-refractivity contribution in [3.05, 3.63) is 101 Å². The molecule has 3 rings (SSSR count). The average molecular weight is 370 g/mol. The molecule has 1 atom stereocenters. The standard InChI is InChI=1S/C21H18ClFN2O/c22-17-8-4-5-15(13-17)14-24-20(16-6-2-1-3-7-16)21(26)25-19-11-9-18(23)10-12-19/h1-13,20,24H,14H2,(H,25,26)/p+1/t20-/m1/s1. The summed E-state index contributed by atoms with van der Waals surface area (Å²) in [6.45, 7) is 0.608. The predicted molar refractivity (Wildman–Crippen MR) is 101 cm³/mol. The molecule has 0 saturated heterocycles. The van der Waals surface area contributed by atoms with Crippen molar-refractivity contribution in [3.63, 3.8) is 0 Å². The van der Waals surface area contributed by atoms with E-state index in [1.165, 1.54) is 12.1 Å². The van der Waals surface area contributed by atoms with Crippen LogP contribution in [-0.2, 0) is 11.3 Å². The van der Waals surface area contributed by atoms with Crippen LogP contribution in [0.4, 0.5) is 10.1 Å². The zero-order chi connectivity index (χ0) is 18.4. The van der Waals surface area contributed by atoms with E-state index in [2.05, 4.69) is 5.32 Å². The van der Waals surface area contributed by atoms with E-state index < -0.39 is 6.04 Å². The van der Waals surface area contributed by atoms with Crippen LogP contribution in [0.15, 0.2) is 78.9 Å². The summed E-state index contributed by atoms with van der Waals surface area (Å²) in [7, 11) is 0. The Bertz CT molecular complexity index is 869. The van der Waals surface area contributed by atoms with Gasteiger partial charge in [0.05, 0.1) is 0 Å². The molecule has 26 heavy (non-hydrogen) atoms. The molecule has 0 fully saturated rings. The van der Waals surface area contributed by atoms with E-state index in [0.29, 0.717) is 17.3 Å². The molecule has 0 aliphatic heterocycles. The van der Waals surface area contributed by atoms with Gasteiger partial charge in [-0.1, -0.05) is 54.1 Å². The topological polar surface area (TPSA) is 45.7 Å². The van der Waals surface area contributed by atoms with E-state index in [0.717, 1.165) is 11.1 Å². The highest BCUT2D eigenvalue weighted by Gasteiger charge is 2.24. The third kappa shape index (κ3) is 4.91. The molecule has 3 N–H and O–H groups in total. The lowest BCUT2D eigenvalue weighted by Gasteiger charge is -2.16. The van der Waals surface area contributed by atoms with E-state index in [1.54, 1.807) is 12.1 Å². The first-order valence-electron chi connectivity index (χ1n) is 8.31. The number of nitrogens with one attached hydrogen (secondary N) is 1. The fourth-order valence-corrected chi connectivity index (χ4v) is 2.94. The largest absolute Gasteiger partial charge is 0.328 e. The van der Waals surface area contributed by atoms with Gasteiger partial charge in [0, 0.05) is 21.8 Å². The van der Waals surface area contributed by atoms with Gasteiger partial charge >= 0.3 is 0 Å². The summed E-state index contributed by atoms with van der Waals surface area (Å²) in [6.07, 6.45) is 0. The maximum Gasteiger partial charge on any atom is 0.287 e. The quantitative estimate of drug-likeness (QED) is 0.679. The van der Waals surface area contributed by atoms with Crippen LogP contribution in [0.5, 0.6) is 0 Å². The molecular formula is C21H19ClFN2O+. The van der Waals surface area contributed by atoms with Gasteiger partial charge in [-0.05, 0) is 36.4 Å². The molecule has 0 aliphatic carbocycles. The molecule has 1 amide bonds. The number of hydrogen-bond acceptors (Lipinski definition) is 1. The number of hydrogen-bond donors (Lipinski definition) is 2. The predicted octanol–water partition coefficient (Wildman–Crippen LogP) is 3.92. The van der Waals surface area contributed by atoms with E-state index in [-0.39, 0.29) is 11.7 Å². The van der Waals surface area contributed by atoms with Crippen LogP contribution < -0.4 is 10.6 Å². The molecule has 0 unspecified atom stereocenters. The summed E-state index contributed by atoms with van der Waals surface area (Å²) in [4.78, 5) is 12.8. The Morgan fingerprint density at radius 2 is 1.73 bits per heavy atom. The van der Waals surface area contributed by atoms with Gasteiger partial charge in [-0.2, -0.15) is 0 Å². The molecular weight excluding hydrogens is 351 g/mol. The van der Waals surface area contributed by atoms with E-state index in [4.69, 9.17) is 11.6 Å². The van der Waals surface area contributed by atoms with Crippen molar-refractivity contribution in [1.29, 1.82) is 0 Å². The van der Waals surface area contributed by atoms with Crippen molar-refractivity contribution in [2.45, 2.75) is 12.6 Å². The van der Waals surface area contributed by atoms with Crippen LogP contribution in [-0.4, -0.2) is 5.91 Å². The summed E-state index contributed by atoms with van der Waals surface area (Å²) < 4.78 is 13.1. The lowest BCUT2D eigenvalue weighted by atomic mass is 10.1. The van der Waals surface area contributed by atoms with Crippen LogP contribution >= 0.6 is 11.6 Å². The summed E-state index contributed by atoms with van der Waals surface area (Å²) in [5, 5.41) is 5.48. The Balaban J connectivity index is 1.76. The molecule has 132 valence electrons. The highest BCUT2D eigenvalue weighted by Crippen LogP contribution is 2.15. The Kier molecular flexibility index (Phi) is 6.00. The number of carbonyl (C=O) groups is 1. The van der Waals surface area contributed by atoms with Gasteiger partial charge in [0.1, 0.15) is 12.4 Å². The molecule has 5 heteroatoms. The highest BCUT2D eigenvalue weighted by atomic mass is 35.5. The van der Waals surface area contributed by atoms with E-state index >= 15 is 0 Å². The second-order valence-corrected chi connectivity index (χ2v) is 6.39. The SMILES string of the molecule is O=C(Nc1ccc(F)cc1)[C@H]([NH2+]Cc1cccc(Cl)c1)c1ccccc1. The second kappa shape index (κ2) is 8.61. The summed E-state index contributed by atoms with van der Waals surface area (Å²) in [5.74, 6) is -0.500. The average Bonchev–Trinajstić information content (AvgIpc) is 2.65. The van der Waals surface area contributed by atoms with Gasteiger partial charge in [0.2, 0.25) is 0 Å². The Morgan fingerprint density at radius 3 is 2.42 bits per heavy atom. The molecule has 0 bridgehead atoms. The van der Waals surface area contributed by atoms with Crippen LogP contribution in [0.3, 0.4) is 0 Å². The summed E-state index contributed by atoms with van der Waals surface area (Å²) >= 11 is 6.04. The van der Waals surface area contributed by atoms with Crippen molar-refractivity contribution in [2.75, 3.05) is 5.32 Å². The number of quaternary nitrogens is 1. The smallest absolute Gasteiger partial charge is 0.287 e. The molecule has 3 nitrogen and oxygen atoms in total. The molecule has 0 radical (unpaired) electrons. The first kappa shape index (κ1) is 18.1. The number of benzene rings is 3. The molecule has 0 heterocycles. The van der Waals surface area contributed by atoms with Crippen molar-refractivity contribution in [3.8, 4) is 0 Å². The number of amides is 1. The molecule has 0 aliphatic rings. The zero-order valence-corrected chi connectivity index (χ0v) is 14.8. The molecule has 0 spiro atoms. The second-order valence-electron chi connectivity index (χ2n) is 5.95. The minimum absolute atomic E-state index is 0.162. The van der Waals surface area contributed by atoms with E-state index in [9.17, 15) is 9.18 Å². The summed E-state index contributed by atoms with van der Waals surface area (Å²) in [5.41, 5.74) is 2.50. The first-order valence-corrected chi connectivity index (χ1v) is 8.69. The third-order valence-electron chi connectivity index (χ3n) is 4.03. The monoisotopic (exact) mass is 369 g/mol. The maximum atomic E-state index is 13.1.